The van der Waals surface area contributed by atoms with Crippen LogP contribution in [0.5, 0.6) is 0 Å². The lowest BCUT2D eigenvalue weighted by Crippen LogP contribution is -2.12. The van der Waals surface area contributed by atoms with Crippen molar-refractivity contribution in [3.05, 3.63) is 34.4 Å². The minimum atomic E-state index is -4.37. The fourth-order valence-electron chi connectivity index (χ4n) is 1.03. The average Bonchev–Trinajstić information content (AvgIpc) is 2.11. The summed E-state index contributed by atoms with van der Waals surface area (Å²) in [6, 6.07) is 0. The number of rotatable bonds is 0. The van der Waals surface area contributed by atoms with Crippen molar-refractivity contribution in [2.75, 3.05) is 0 Å². The van der Waals surface area contributed by atoms with Gasteiger partial charge in [-0.1, -0.05) is 29.3 Å². The van der Waals surface area contributed by atoms with E-state index in [1.54, 1.807) is 13.0 Å². The zero-order chi connectivity index (χ0) is 10.1. The third kappa shape index (κ3) is 2.62. The highest BCUT2D eigenvalue weighted by molar-refractivity contribution is 6.32. The Hall–Kier alpha value is -0.700. The maximum absolute atomic E-state index is 12.3. The van der Waals surface area contributed by atoms with Crippen LogP contribution in [0.15, 0.2) is 34.4 Å². The molecule has 0 spiro atoms. The fraction of sp³-hybridized carbons (Fsp3) is 0.333. The Morgan fingerprint density at radius 2 is 1.92 bits per heavy atom. The molecule has 0 saturated carbocycles. The van der Waals surface area contributed by atoms with E-state index in [-0.39, 0.29) is 5.03 Å². The summed E-state index contributed by atoms with van der Waals surface area (Å²) in [5.74, 6) is 0. The molecule has 72 valence electrons. The molecule has 0 unspecified atom stereocenters. The molecule has 4 heteroatoms. The van der Waals surface area contributed by atoms with Crippen molar-refractivity contribution in [3.63, 3.8) is 0 Å². The molecule has 0 aliphatic heterocycles. The summed E-state index contributed by atoms with van der Waals surface area (Å²) >= 11 is 5.48. The number of allylic oxidation sites excluding steroid dienone is 6. The molecule has 0 atom stereocenters. The van der Waals surface area contributed by atoms with Crippen LogP contribution in [0.4, 0.5) is 13.2 Å². The van der Waals surface area contributed by atoms with Gasteiger partial charge in [-0.2, -0.15) is 13.2 Å². The highest BCUT2D eigenvalue weighted by atomic mass is 35.5. The summed E-state index contributed by atoms with van der Waals surface area (Å²) in [6.45, 7) is 1.62. The van der Waals surface area contributed by atoms with Crippen LogP contribution < -0.4 is 0 Å². The second-order valence-corrected chi connectivity index (χ2v) is 3.20. The monoisotopic (exact) mass is 208 g/mol. The number of alkyl halides is 3. The molecule has 0 saturated heterocycles. The van der Waals surface area contributed by atoms with Crippen molar-refractivity contribution >= 4 is 11.6 Å². The molecule has 0 heterocycles. The van der Waals surface area contributed by atoms with Gasteiger partial charge in [0.05, 0.1) is 5.57 Å². The van der Waals surface area contributed by atoms with Gasteiger partial charge >= 0.3 is 6.18 Å². The molecule has 0 fully saturated rings. The van der Waals surface area contributed by atoms with E-state index in [2.05, 4.69) is 0 Å². The lowest BCUT2D eigenvalue weighted by Gasteiger charge is -2.09. The molecule has 0 aromatic rings. The Labute approximate surface area is 79.4 Å². The Balaban J connectivity index is 3.11. The van der Waals surface area contributed by atoms with Gasteiger partial charge in [0.1, 0.15) is 0 Å². The van der Waals surface area contributed by atoms with E-state index in [9.17, 15) is 13.2 Å². The van der Waals surface area contributed by atoms with Crippen molar-refractivity contribution in [2.45, 2.75) is 19.5 Å². The van der Waals surface area contributed by atoms with Gasteiger partial charge in [-0.05, 0) is 19.4 Å². The first-order valence-corrected chi connectivity index (χ1v) is 4.11. The van der Waals surface area contributed by atoms with Crippen LogP contribution >= 0.6 is 11.6 Å². The standard InChI is InChI=1S/C9H8ClF3/c1-6-3-2-4-8(10)7(5-6)9(11,12)13/h3-5H,2H2,1H3. The zero-order valence-electron chi connectivity index (χ0n) is 6.95. The number of halogens is 4. The maximum atomic E-state index is 12.3. The third-order valence-electron chi connectivity index (χ3n) is 1.67. The second kappa shape index (κ2) is 3.58. The first kappa shape index (κ1) is 10.4. The summed E-state index contributed by atoms with van der Waals surface area (Å²) in [7, 11) is 0. The van der Waals surface area contributed by atoms with Crippen LogP contribution in [0, 0.1) is 0 Å². The van der Waals surface area contributed by atoms with Crippen LogP contribution in [0.2, 0.25) is 0 Å². The molecule has 0 nitrogen and oxygen atoms in total. The molecule has 0 amide bonds. The van der Waals surface area contributed by atoms with Gasteiger partial charge in [-0.25, -0.2) is 0 Å². The molecular formula is C9H8ClF3. The molecule has 0 aromatic carbocycles. The number of hydrogen-bond acceptors (Lipinski definition) is 0. The lowest BCUT2D eigenvalue weighted by atomic mass is 10.2. The molecular weight excluding hydrogens is 201 g/mol. The van der Waals surface area contributed by atoms with Gasteiger partial charge in [0.15, 0.2) is 0 Å². The van der Waals surface area contributed by atoms with Crippen LogP contribution in [0.25, 0.3) is 0 Å². The first-order valence-electron chi connectivity index (χ1n) is 3.73. The summed E-state index contributed by atoms with van der Waals surface area (Å²) in [4.78, 5) is 0. The van der Waals surface area contributed by atoms with Crippen molar-refractivity contribution in [1.29, 1.82) is 0 Å². The Morgan fingerprint density at radius 1 is 1.31 bits per heavy atom. The highest BCUT2D eigenvalue weighted by Crippen LogP contribution is 2.35. The van der Waals surface area contributed by atoms with Gasteiger partial charge in [-0.15, -0.1) is 0 Å². The van der Waals surface area contributed by atoms with Crippen LogP contribution in [-0.2, 0) is 0 Å². The van der Waals surface area contributed by atoms with Crippen molar-refractivity contribution in [2.24, 2.45) is 0 Å². The summed E-state index contributed by atoms with van der Waals surface area (Å²) < 4.78 is 37.0. The molecule has 0 bridgehead atoms. The SMILES string of the molecule is CC1=CCC=C(Cl)C(C(F)(F)F)=C1. The van der Waals surface area contributed by atoms with Crippen LogP contribution in [-0.4, -0.2) is 6.18 Å². The summed E-state index contributed by atoms with van der Waals surface area (Å²) in [6.07, 6.45) is 0.193. The van der Waals surface area contributed by atoms with Gasteiger partial charge in [0, 0.05) is 5.03 Å². The van der Waals surface area contributed by atoms with E-state index in [0.717, 1.165) is 6.08 Å². The highest BCUT2D eigenvalue weighted by Gasteiger charge is 2.35. The predicted molar refractivity (Wildman–Crippen MR) is 46.4 cm³/mol. The molecule has 0 radical (unpaired) electrons. The van der Waals surface area contributed by atoms with Gasteiger partial charge in [-0.3, -0.25) is 0 Å². The molecule has 1 aliphatic carbocycles. The summed E-state index contributed by atoms with van der Waals surface area (Å²) in [5.41, 5.74) is -0.181. The van der Waals surface area contributed by atoms with Crippen LogP contribution in [0.3, 0.4) is 0 Å². The normalized spacial score (nSPS) is 18.7. The van der Waals surface area contributed by atoms with E-state index < -0.39 is 11.7 Å². The minimum absolute atomic E-state index is 0.222. The predicted octanol–water partition coefficient (Wildman–Crippen LogP) is 3.95. The van der Waals surface area contributed by atoms with E-state index in [1.807, 2.05) is 0 Å². The van der Waals surface area contributed by atoms with E-state index >= 15 is 0 Å². The molecule has 0 aromatic heterocycles. The van der Waals surface area contributed by atoms with E-state index in [1.165, 1.54) is 6.08 Å². The Kier molecular flexibility index (Phi) is 2.86. The van der Waals surface area contributed by atoms with Crippen molar-refractivity contribution in [1.82, 2.24) is 0 Å². The lowest BCUT2D eigenvalue weighted by molar-refractivity contribution is -0.0886. The Morgan fingerprint density at radius 3 is 2.46 bits per heavy atom. The van der Waals surface area contributed by atoms with Gasteiger partial charge in [0.2, 0.25) is 0 Å². The second-order valence-electron chi connectivity index (χ2n) is 2.79. The number of hydrogen-bond donors (Lipinski definition) is 0. The Bertz CT molecular complexity index is 294. The van der Waals surface area contributed by atoms with Crippen molar-refractivity contribution in [3.8, 4) is 0 Å². The minimum Gasteiger partial charge on any atom is -0.166 e. The average molecular weight is 209 g/mol. The van der Waals surface area contributed by atoms with Crippen molar-refractivity contribution < 1.29 is 13.2 Å². The maximum Gasteiger partial charge on any atom is 0.417 e. The molecule has 0 N–H and O–H groups in total. The van der Waals surface area contributed by atoms with E-state index in [4.69, 9.17) is 11.6 Å². The largest absolute Gasteiger partial charge is 0.417 e. The third-order valence-corrected chi connectivity index (χ3v) is 2.03. The van der Waals surface area contributed by atoms with Crippen LogP contribution in [0.1, 0.15) is 13.3 Å². The topological polar surface area (TPSA) is 0 Å². The van der Waals surface area contributed by atoms with Gasteiger partial charge in [0.25, 0.3) is 0 Å². The summed E-state index contributed by atoms with van der Waals surface area (Å²) in [5, 5.41) is -0.222. The van der Waals surface area contributed by atoms with Gasteiger partial charge < -0.3 is 0 Å². The molecule has 1 rings (SSSR count). The fourth-order valence-corrected chi connectivity index (χ4v) is 1.28. The zero-order valence-corrected chi connectivity index (χ0v) is 7.71. The quantitative estimate of drug-likeness (QED) is 0.566. The smallest absolute Gasteiger partial charge is 0.166 e. The van der Waals surface area contributed by atoms with E-state index in [0.29, 0.717) is 12.0 Å². The molecule has 1 aliphatic rings. The first-order chi connectivity index (χ1) is 5.91. The molecule has 13 heavy (non-hydrogen) atoms.